The van der Waals surface area contributed by atoms with E-state index in [1.54, 1.807) is 54.6 Å². The smallest absolute Gasteiger partial charge is 0.329 e. The Morgan fingerprint density at radius 2 is 1.67 bits per heavy atom. The van der Waals surface area contributed by atoms with Gasteiger partial charge in [0.1, 0.15) is 18.2 Å². The van der Waals surface area contributed by atoms with Crippen LogP contribution in [0.2, 0.25) is 0 Å². The van der Waals surface area contributed by atoms with Gasteiger partial charge < -0.3 is 10.1 Å². The summed E-state index contributed by atoms with van der Waals surface area (Å²) in [5, 5.41) is 6.27. The van der Waals surface area contributed by atoms with Crippen molar-refractivity contribution in [2.75, 3.05) is 5.32 Å². The number of hydrazone groups is 1. The molecule has 30 heavy (non-hydrogen) atoms. The zero-order chi connectivity index (χ0) is 21.3. The first kappa shape index (κ1) is 20.7. The number of aryl methyl sites for hydroxylation is 1. The Morgan fingerprint density at radius 1 is 0.967 bits per heavy atom. The first-order chi connectivity index (χ1) is 14.5. The number of benzene rings is 3. The number of carbonyl (C=O) groups is 2. The van der Waals surface area contributed by atoms with Gasteiger partial charge in [-0.25, -0.2) is 9.82 Å². The number of ether oxygens (including phenoxy) is 1. The average Bonchev–Trinajstić information content (AvgIpc) is 2.75. The second kappa shape index (κ2) is 9.97. The van der Waals surface area contributed by atoms with Gasteiger partial charge >= 0.3 is 11.8 Å². The Balaban J connectivity index is 1.47. The van der Waals surface area contributed by atoms with Crippen molar-refractivity contribution in [1.29, 1.82) is 0 Å². The second-order valence-electron chi connectivity index (χ2n) is 6.47. The summed E-state index contributed by atoms with van der Waals surface area (Å²) in [4.78, 5) is 23.7. The largest absolute Gasteiger partial charge is 0.489 e. The number of hydrogen-bond acceptors (Lipinski definition) is 4. The van der Waals surface area contributed by atoms with Gasteiger partial charge in [-0.1, -0.05) is 35.9 Å². The maximum Gasteiger partial charge on any atom is 0.329 e. The van der Waals surface area contributed by atoms with Crippen LogP contribution in [0.5, 0.6) is 5.75 Å². The molecule has 0 saturated carbocycles. The van der Waals surface area contributed by atoms with Crippen LogP contribution >= 0.6 is 0 Å². The lowest BCUT2D eigenvalue weighted by Crippen LogP contribution is -2.32. The standard InChI is InChI=1S/C23H20FN3O3/c1-16-6-10-19(11-7-16)26-22(28)23(29)27-25-14-17-8-12-20(13-9-17)30-15-18-4-2-3-5-21(18)24/h2-14H,15H2,1H3,(H,26,28)(H,27,29)/b25-14+. The Labute approximate surface area is 173 Å². The third-order valence-electron chi connectivity index (χ3n) is 4.13. The van der Waals surface area contributed by atoms with Crippen LogP contribution in [0, 0.1) is 12.7 Å². The molecule has 0 aliphatic rings. The van der Waals surface area contributed by atoms with E-state index in [9.17, 15) is 14.0 Å². The molecule has 3 aromatic rings. The molecule has 0 aromatic heterocycles. The molecule has 3 rings (SSSR count). The van der Waals surface area contributed by atoms with Gasteiger partial charge in [-0.3, -0.25) is 9.59 Å². The van der Waals surface area contributed by atoms with Crippen molar-refractivity contribution in [2.45, 2.75) is 13.5 Å². The Bertz CT molecular complexity index is 1050. The summed E-state index contributed by atoms with van der Waals surface area (Å²) in [6.07, 6.45) is 1.40. The highest BCUT2D eigenvalue weighted by molar-refractivity contribution is 6.39. The van der Waals surface area contributed by atoms with Gasteiger partial charge in [-0.05, 0) is 55.0 Å². The monoisotopic (exact) mass is 405 g/mol. The van der Waals surface area contributed by atoms with E-state index in [1.165, 1.54) is 12.3 Å². The minimum absolute atomic E-state index is 0.117. The summed E-state index contributed by atoms with van der Waals surface area (Å²) in [6.45, 7) is 2.04. The van der Waals surface area contributed by atoms with E-state index in [-0.39, 0.29) is 12.4 Å². The molecule has 2 N–H and O–H groups in total. The van der Waals surface area contributed by atoms with Gasteiger partial charge in [0.05, 0.1) is 6.21 Å². The minimum Gasteiger partial charge on any atom is -0.489 e. The fourth-order valence-electron chi connectivity index (χ4n) is 2.47. The maximum atomic E-state index is 13.6. The van der Waals surface area contributed by atoms with Crippen molar-refractivity contribution in [3.63, 3.8) is 0 Å². The van der Waals surface area contributed by atoms with E-state index in [4.69, 9.17) is 4.74 Å². The molecular weight excluding hydrogens is 385 g/mol. The van der Waals surface area contributed by atoms with E-state index in [1.807, 2.05) is 19.1 Å². The Morgan fingerprint density at radius 3 is 2.37 bits per heavy atom. The van der Waals surface area contributed by atoms with E-state index in [0.717, 1.165) is 5.56 Å². The summed E-state index contributed by atoms with van der Waals surface area (Å²) in [5.74, 6) is -1.44. The predicted molar refractivity (Wildman–Crippen MR) is 113 cm³/mol. The Hall–Kier alpha value is -4.00. The van der Waals surface area contributed by atoms with Crippen molar-refractivity contribution in [2.24, 2.45) is 5.10 Å². The van der Waals surface area contributed by atoms with Crippen molar-refractivity contribution in [1.82, 2.24) is 5.43 Å². The predicted octanol–water partition coefficient (Wildman–Crippen LogP) is 3.80. The lowest BCUT2D eigenvalue weighted by atomic mass is 10.2. The van der Waals surface area contributed by atoms with Crippen molar-refractivity contribution in [3.8, 4) is 5.75 Å². The molecule has 0 heterocycles. The molecule has 6 nitrogen and oxygen atoms in total. The SMILES string of the molecule is Cc1ccc(NC(=O)C(=O)N/N=C/c2ccc(OCc3ccccc3F)cc2)cc1. The number of hydrogen-bond donors (Lipinski definition) is 2. The van der Waals surface area contributed by atoms with Crippen LogP contribution < -0.4 is 15.5 Å². The van der Waals surface area contributed by atoms with E-state index in [2.05, 4.69) is 15.8 Å². The minimum atomic E-state index is -0.878. The number of rotatable bonds is 6. The number of amides is 2. The van der Waals surface area contributed by atoms with Gasteiger partial charge in [-0.15, -0.1) is 0 Å². The molecule has 0 atom stereocenters. The third-order valence-corrected chi connectivity index (χ3v) is 4.13. The number of nitrogens with one attached hydrogen (secondary N) is 2. The number of anilines is 1. The summed E-state index contributed by atoms with van der Waals surface area (Å²) in [7, 11) is 0. The second-order valence-corrected chi connectivity index (χ2v) is 6.47. The maximum absolute atomic E-state index is 13.6. The molecular formula is C23H20FN3O3. The first-order valence-corrected chi connectivity index (χ1v) is 9.18. The van der Waals surface area contributed by atoms with E-state index in [0.29, 0.717) is 22.6 Å². The molecule has 0 bridgehead atoms. The van der Waals surface area contributed by atoms with Crippen molar-refractivity contribution >= 4 is 23.7 Å². The molecule has 152 valence electrons. The topological polar surface area (TPSA) is 79.8 Å². The van der Waals surface area contributed by atoms with Gasteiger partial charge in [0.2, 0.25) is 0 Å². The molecule has 2 amide bonds. The van der Waals surface area contributed by atoms with E-state index < -0.39 is 11.8 Å². The summed E-state index contributed by atoms with van der Waals surface area (Å²) in [5.41, 5.74) is 4.90. The summed E-state index contributed by atoms with van der Waals surface area (Å²) < 4.78 is 19.2. The van der Waals surface area contributed by atoms with Crippen LogP contribution in [-0.2, 0) is 16.2 Å². The third kappa shape index (κ3) is 6.00. The Kier molecular flexibility index (Phi) is 6.89. The highest BCUT2D eigenvalue weighted by Crippen LogP contribution is 2.15. The number of nitrogens with zero attached hydrogens (tertiary/aromatic N) is 1. The zero-order valence-electron chi connectivity index (χ0n) is 16.3. The molecule has 0 saturated heterocycles. The highest BCUT2D eigenvalue weighted by Gasteiger charge is 2.12. The molecule has 3 aromatic carbocycles. The summed E-state index contributed by atoms with van der Waals surface area (Å²) in [6, 6.07) is 20.3. The van der Waals surface area contributed by atoms with Crippen LogP contribution in [0.1, 0.15) is 16.7 Å². The fourth-order valence-corrected chi connectivity index (χ4v) is 2.47. The average molecular weight is 405 g/mol. The van der Waals surface area contributed by atoms with Crippen molar-refractivity contribution < 1.29 is 18.7 Å². The van der Waals surface area contributed by atoms with Crippen molar-refractivity contribution in [3.05, 3.63) is 95.3 Å². The lowest BCUT2D eigenvalue weighted by molar-refractivity contribution is -0.136. The quantitative estimate of drug-likeness (QED) is 0.372. The van der Waals surface area contributed by atoms with Gasteiger partial charge in [0.15, 0.2) is 0 Å². The molecule has 7 heteroatoms. The molecule has 0 aliphatic carbocycles. The van der Waals surface area contributed by atoms with Crippen LogP contribution in [0.3, 0.4) is 0 Å². The highest BCUT2D eigenvalue weighted by atomic mass is 19.1. The van der Waals surface area contributed by atoms with Crippen LogP contribution in [-0.4, -0.2) is 18.0 Å². The molecule has 0 spiro atoms. The van der Waals surface area contributed by atoms with Gasteiger partial charge in [0, 0.05) is 11.3 Å². The zero-order valence-corrected chi connectivity index (χ0v) is 16.3. The molecule has 0 radical (unpaired) electrons. The van der Waals surface area contributed by atoms with Crippen LogP contribution in [0.4, 0.5) is 10.1 Å². The first-order valence-electron chi connectivity index (χ1n) is 9.18. The van der Waals surface area contributed by atoms with Gasteiger partial charge in [-0.2, -0.15) is 5.10 Å². The van der Waals surface area contributed by atoms with E-state index >= 15 is 0 Å². The number of halogens is 1. The number of carbonyl (C=O) groups excluding carboxylic acids is 2. The lowest BCUT2D eigenvalue weighted by Gasteiger charge is -2.07. The summed E-state index contributed by atoms with van der Waals surface area (Å²) >= 11 is 0. The van der Waals surface area contributed by atoms with Crippen LogP contribution in [0.15, 0.2) is 77.9 Å². The fraction of sp³-hybridized carbons (Fsp3) is 0.0870. The van der Waals surface area contributed by atoms with Crippen LogP contribution in [0.25, 0.3) is 0 Å². The molecule has 0 unspecified atom stereocenters. The molecule has 0 fully saturated rings. The van der Waals surface area contributed by atoms with Gasteiger partial charge in [0.25, 0.3) is 0 Å². The normalized spacial score (nSPS) is 10.6. The molecule has 0 aliphatic heterocycles.